The molecule has 1 aromatic heterocycles. The van der Waals surface area contributed by atoms with Gasteiger partial charge < -0.3 is 4.57 Å². The lowest BCUT2D eigenvalue weighted by molar-refractivity contribution is -0.384. The third-order valence-electron chi connectivity index (χ3n) is 7.46. The minimum Gasteiger partial charge on any atom is -0.309 e. The molecule has 1 aliphatic rings. The van der Waals surface area contributed by atoms with Gasteiger partial charge >= 0.3 is 0 Å². The number of carbonyl (C=O) groups excluding carboxylic acids is 2. The fourth-order valence-electron chi connectivity index (χ4n) is 5.43. The summed E-state index contributed by atoms with van der Waals surface area (Å²) in [5.41, 5.74) is 6.84. The van der Waals surface area contributed by atoms with Gasteiger partial charge in [-0.25, -0.2) is 0 Å². The Morgan fingerprint density at radius 2 is 1.45 bits per heavy atom. The van der Waals surface area contributed by atoms with Crippen molar-refractivity contribution >= 4 is 46.6 Å². The van der Waals surface area contributed by atoms with E-state index in [0.717, 1.165) is 27.9 Å². The van der Waals surface area contributed by atoms with Gasteiger partial charge in [-0.2, -0.15) is 0 Å². The summed E-state index contributed by atoms with van der Waals surface area (Å²) in [5, 5.41) is 14.1. The lowest BCUT2D eigenvalue weighted by Crippen LogP contribution is -2.54. The molecule has 1 aliphatic heterocycles. The Morgan fingerprint density at radius 1 is 0.818 bits per heavy atom. The minimum absolute atomic E-state index is 0.0146. The Bertz CT molecular complexity index is 1980. The second-order valence-electron chi connectivity index (χ2n) is 10.4. The molecule has 6 rings (SSSR count). The molecule has 0 saturated carbocycles. The highest BCUT2D eigenvalue weighted by Gasteiger charge is 2.35. The van der Waals surface area contributed by atoms with Gasteiger partial charge in [0.1, 0.15) is 5.57 Å². The molecule has 216 valence electrons. The molecular formula is C35H26N4O4S. The fraction of sp³-hybridized carbons (Fsp3) is 0.0571. The highest BCUT2D eigenvalue weighted by molar-refractivity contribution is 7.80. The van der Waals surface area contributed by atoms with Gasteiger partial charge in [0.25, 0.3) is 17.5 Å². The zero-order valence-electron chi connectivity index (χ0n) is 23.9. The average Bonchev–Trinajstić information content (AvgIpc) is 3.40. The van der Waals surface area contributed by atoms with Crippen LogP contribution in [0.3, 0.4) is 0 Å². The topological polar surface area (TPSA) is 97.5 Å². The van der Waals surface area contributed by atoms with Crippen LogP contribution >= 0.6 is 12.2 Å². The molecule has 1 N–H and O–H groups in total. The number of nitro groups is 1. The number of anilines is 1. The Morgan fingerprint density at radius 3 is 2.07 bits per heavy atom. The number of nitrogens with zero attached hydrogens (tertiary/aromatic N) is 3. The number of nitro benzene ring substituents is 1. The Kier molecular flexibility index (Phi) is 7.46. The summed E-state index contributed by atoms with van der Waals surface area (Å²) in [5.74, 6) is -1.13. The van der Waals surface area contributed by atoms with Crippen molar-refractivity contribution in [1.82, 2.24) is 9.88 Å². The first-order valence-electron chi connectivity index (χ1n) is 13.8. The number of thiocarbonyl (C=S) groups is 1. The molecular weight excluding hydrogens is 572 g/mol. The van der Waals surface area contributed by atoms with Crippen molar-refractivity contribution in [2.24, 2.45) is 0 Å². The van der Waals surface area contributed by atoms with Crippen LogP contribution in [-0.2, 0) is 9.59 Å². The molecule has 1 fully saturated rings. The SMILES string of the molecule is Cc1ccc(N2C(=O)/C(=C\c3cc(-c4ccccc4)n(-c4ccc([N+](=O)[O-])cc4)c3-c3ccccc3)C(=O)NC2=S)c(C)c1. The van der Waals surface area contributed by atoms with Crippen LogP contribution in [0.2, 0.25) is 0 Å². The third kappa shape index (κ3) is 5.21. The molecule has 0 spiro atoms. The van der Waals surface area contributed by atoms with E-state index >= 15 is 0 Å². The lowest BCUT2D eigenvalue weighted by atomic mass is 10.0. The van der Waals surface area contributed by atoms with Crippen molar-refractivity contribution < 1.29 is 14.5 Å². The summed E-state index contributed by atoms with van der Waals surface area (Å²) in [7, 11) is 0. The Labute approximate surface area is 259 Å². The zero-order chi connectivity index (χ0) is 31.0. The summed E-state index contributed by atoms with van der Waals surface area (Å²) in [6.07, 6.45) is 1.59. The van der Waals surface area contributed by atoms with E-state index in [1.807, 2.05) is 103 Å². The third-order valence-corrected chi connectivity index (χ3v) is 7.75. The van der Waals surface area contributed by atoms with E-state index in [1.54, 1.807) is 18.2 Å². The number of carbonyl (C=O) groups is 2. The summed E-state index contributed by atoms with van der Waals surface area (Å²) >= 11 is 5.45. The number of hydrogen-bond donors (Lipinski definition) is 1. The number of hydrogen-bond acceptors (Lipinski definition) is 5. The number of aryl methyl sites for hydroxylation is 2. The predicted octanol–water partition coefficient (Wildman–Crippen LogP) is 7.17. The molecule has 8 nitrogen and oxygen atoms in total. The summed E-state index contributed by atoms with van der Waals surface area (Å²) < 4.78 is 1.98. The van der Waals surface area contributed by atoms with Crippen LogP contribution in [-0.4, -0.2) is 26.4 Å². The average molecular weight is 599 g/mol. The normalized spacial score (nSPS) is 14.2. The molecule has 5 aromatic rings. The molecule has 2 heterocycles. The number of non-ortho nitro benzene ring substituents is 1. The van der Waals surface area contributed by atoms with Crippen LogP contribution in [0.4, 0.5) is 11.4 Å². The van der Waals surface area contributed by atoms with Crippen LogP contribution < -0.4 is 10.2 Å². The molecule has 0 aliphatic carbocycles. The van der Waals surface area contributed by atoms with E-state index in [2.05, 4.69) is 5.32 Å². The second-order valence-corrected chi connectivity index (χ2v) is 10.8. The summed E-state index contributed by atoms with van der Waals surface area (Å²) in [6, 6.07) is 33.1. The van der Waals surface area contributed by atoms with Crippen LogP contribution in [0.15, 0.2) is 115 Å². The van der Waals surface area contributed by atoms with Gasteiger partial charge in [-0.3, -0.25) is 29.9 Å². The van der Waals surface area contributed by atoms with Crippen molar-refractivity contribution in [2.75, 3.05) is 4.90 Å². The number of nitrogens with one attached hydrogen (secondary N) is 1. The maximum Gasteiger partial charge on any atom is 0.270 e. The molecule has 0 atom stereocenters. The van der Waals surface area contributed by atoms with E-state index in [4.69, 9.17) is 12.2 Å². The first-order chi connectivity index (χ1) is 21.2. The van der Waals surface area contributed by atoms with Gasteiger partial charge in [0.2, 0.25) is 0 Å². The van der Waals surface area contributed by atoms with Crippen molar-refractivity contribution in [3.05, 3.63) is 142 Å². The minimum atomic E-state index is -0.593. The maximum absolute atomic E-state index is 14.0. The largest absolute Gasteiger partial charge is 0.309 e. The molecule has 0 bridgehead atoms. The van der Waals surface area contributed by atoms with E-state index in [1.165, 1.54) is 17.0 Å². The summed E-state index contributed by atoms with van der Waals surface area (Å²) in [4.78, 5) is 39.7. The highest BCUT2D eigenvalue weighted by Crippen LogP contribution is 2.38. The van der Waals surface area contributed by atoms with Crippen molar-refractivity contribution in [3.63, 3.8) is 0 Å². The van der Waals surface area contributed by atoms with Gasteiger partial charge in [-0.05, 0) is 73.1 Å². The van der Waals surface area contributed by atoms with Crippen LogP contribution in [0.25, 0.3) is 34.3 Å². The number of benzene rings is 4. The highest BCUT2D eigenvalue weighted by atomic mass is 32.1. The standard InChI is InChI=1S/C35H26N4O4S/c1-22-13-18-30(23(2)19-22)38-34(41)29(33(40)36-35(38)44)20-26-21-31(24-9-5-3-6-10-24)37(32(26)25-11-7-4-8-12-25)27-14-16-28(17-15-27)39(42)43/h3-21H,1-2H3,(H,36,40,44)/b29-20-. The summed E-state index contributed by atoms with van der Waals surface area (Å²) in [6.45, 7) is 3.85. The van der Waals surface area contributed by atoms with Gasteiger partial charge in [-0.1, -0.05) is 78.4 Å². The van der Waals surface area contributed by atoms with Crippen molar-refractivity contribution in [2.45, 2.75) is 13.8 Å². The second kappa shape index (κ2) is 11.5. The number of aromatic nitrogens is 1. The van der Waals surface area contributed by atoms with Crippen LogP contribution in [0.1, 0.15) is 16.7 Å². The molecule has 0 unspecified atom stereocenters. The van der Waals surface area contributed by atoms with Crippen molar-refractivity contribution in [3.8, 4) is 28.2 Å². The molecule has 1 saturated heterocycles. The smallest absolute Gasteiger partial charge is 0.270 e. The van der Waals surface area contributed by atoms with Gasteiger partial charge in [-0.15, -0.1) is 0 Å². The van der Waals surface area contributed by atoms with E-state index in [9.17, 15) is 19.7 Å². The zero-order valence-corrected chi connectivity index (χ0v) is 24.7. The first-order valence-corrected chi connectivity index (χ1v) is 14.2. The number of rotatable bonds is 6. The predicted molar refractivity (Wildman–Crippen MR) is 175 cm³/mol. The molecule has 4 aromatic carbocycles. The maximum atomic E-state index is 14.0. The van der Waals surface area contributed by atoms with E-state index in [-0.39, 0.29) is 16.4 Å². The van der Waals surface area contributed by atoms with Gasteiger partial charge in [0.15, 0.2) is 5.11 Å². The quantitative estimate of drug-likeness (QED) is 0.0735. The Balaban J connectivity index is 1.59. The number of amides is 2. The fourth-order valence-corrected chi connectivity index (χ4v) is 5.71. The molecule has 44 heavy (non-hydrogen) atoms. The van der Waals surface area contributed by atoms with E-state index in [0.29, 0.717) is 22.6 Å². The van der Waals surface area contributed by atoms with E-state index < -0.39 is 16.7 Å². The monoisotopic (exact) mass is 598 g/mol. The first kappa shape index (κ1) is 28.4. The molecule has 2 amide bonds. The molecule has 9 heteroatoms. The van der Waals surface area contributed by atoms with Crippen LogP contribution in [0.5, 0.6) is 0 Å². The Hall–Kier alpha value is -5.67. The molecule has 0 radical (unpaired) electrons. The van der Waals surface area contributed by atoms with Crippen LogP contribution in [0, 0.1) is 24.0 Å². The van der Waals surface area contributed by atoms with Gasteiger partial charge in [0, 0.05) is 23.4 Å². The van der Waals surface area contributed by atoms with Crippen molar-refractivity contribution in [1.29, 1.82) is 0 Å². The lowest BCUT2D eigenvalue weighted by Gasteiger charge is -2.30. The van der Waals surface area contributed by atoms with Gasteiger partial charge in [0.05, 0.1) is 22.0 Å².